The molecule has 4 aromatic rings. The van der Waals surface area contributed by atoms with E-state index >= 15 is 0 Å². The molecule has 2 heterocycles. The van der Waals surface area contributed by atoms with Gasteiger partial charge >= 0.3 is 0 Å². The van der Waals surface area contributed by atoms with Crippen molar-refractivity contribution >= 4 is 16.7 Å². The number of hydrogen-bond donors (Lipinski definition) is 0. The Balaban J connectivity index is 1.37. The maximum Gasteiger partial charge on any atom is 0.267 e. The molecule has 0 saturated carbocycles. The normalized spacial score (nSPS) is 12.9. The molecule has 3 aromatic carbocycles. The van der Waals surface area contributed by atoms with Crippen LogP contribution in [0.25, 0.3) is 22.0 Å². The van der Waals surface area contributed by atoms with Crippen molar-refractivity contribution in [2.75, 3.05) is 20.8 Å². The lowest BCUT2D eigenvalue weighted by atomic mass is 9.98. The summed E-state index contributed by atoms with van der Waals surface area (Å²) in [5, 5.41) is 6.72. The first-order valence-electron chi connectivity index (χ1n) is 11.1. The van der Waals surface area contributed by atoms with Gasteiger partial charge in [0.2, 0.25) is 5.91 Å². The van der Waals surface area contributed by atoms with Gasteiger partial charge in [-0.2, -0.15) is 5.10 Å². The monoisotopic (exact) mass is 455 g/mol. The van der Waals surface area contributed by atoms with Crippen LogP contribution in [-0.4, -0.2) is 41.4 Å². The minimum absolute atomic E-state index is 0.108. The van der Waals surface area contributed by atoms with Gasteiger partial charge in [-0.05, 0) is 52.6 Å². The second kappa shape index (κ2) is 9.02. The van der Waals surface area contributed by atoms with Crippen molar-refractivity contribution in [3.05, 3.63) is 88.2 Å². The summed E-state index contributed by atoms with van der Waals surface area (Å²) in [6.07, 6.45) is 0.709. The van der Waals surface area contributed by atoms with Crippen molar-refractivity contribution in [3.8, 4) is 22.8 Å². The molecule has 1 aromatic heterocycles. The Labute approximate surface area is 197 Å². The standard InChI is InChI=1S/C27H25N3O4/c1-33-24-14-20-11-12-29(16-22(20)15-25(24)34-2)27(32)17-30-26(31)10-9-23(28-30)21-8-7-18-5-3-4-6-19(18)13-21/h3-10,13-15H,11-12,16-17H2,1-2H3. The maximum absolute atomic E-state index is 13.1. The van der Waals surface area contributed by atoms with Crippen LogP contribution in [0.5, 0.6) is 11.5 Å². The Kier molecular flexibility index (Phi) is 5.76. The minimum Gasteiger partial charge on any atom is -0.493 e. The van der Waals surface area contributed by atoms with E-state index in [9.17, 15) is 9.59 Å². The van der Waals surface area contributed by atoms with Gasteiger partial charge in [-0.25, -0.2) is 4.68 Å². The number of aromatic nitrogens is 2. The summed E-state index contributed by atoms with van der Waals surface area (Å²) in [5.41, 5.74) is 3.39. The summed E-state index contributed by atoms with van der Waals surface area (Å²) in [4.78, 5) is 27.3. The van der Waals surface area contributed by atoms with E-state index in [4.69, 9.17) is 9.47 Å². The third-order valence-electron chi connectivity index (χ3n) is 6.27. The Bertz CT molecular complexity index is 1440. The van der Waals surface area contributed by atoms with Crippen molar-refractivity contribution in [1.82, 2.24) is 14.7 Å². The number of benzene rings is 3. The molecule has 0 atom stereocenters. The number of ether oxygens (including phenoxy) is 2. The van der Waals surface area contributed by atoms with Crippen LogP contribution in [0.4, 0.5) is 0 Å². The lowest BCUT2D eigenvalue weighted by Crippen LogP contribution is -2.40. The Morgan fingerprint density at radius 3 is 2.41 bits per heavy atom. The first-order chi connectivity index (χ1) is 16.6. The van der Waals surface area contributed by atoms with Crippen LogP contribution < -0.4 is 15.0 Å². The second-order valence-electron chi connectivity index (χ2n) is 8.32. The van der Waals surface area contributed by atoms with Crippen LogP contribution in [0, 0.1) is 0 Å². The molecule has 5 rings (SSSR count). The summed E-state index contributed by atoms with van der Waals surface area (Å²) in [7, 11) is 3.20. The first kappa shape index (κ1) is 21.7. The number of carbonyl (C=O) groups is 1. The average Bonchev–Trinajstić information content (AvgIpc) is 2.88. The number of methoxy groups -OCH3 is 2. The Morgan fingerprint density at radius 1 is 0.912 bits per heavy atom. The van der Waals surface area contributed by atoms with Crippen LogP contribution >= 0.6 is 0 Å². The highest BCUT2D eigenvalue weighted by atomic mass is 16.5. The number of amides is 1. The van der Waals surface area contributed by atoms with E-state index in [1.807, 2.05) is 48.5 Å². The van der Waals surface area contributed by atoms with Crippen LogP contribution in [-0.2, 0) is 24.3 Å². The molecule has 7 nitrogen and oxygen atoms in total. The number of hydrogen-bond acceptors (Lipinski definition) is 5. The number of fused-ring (bicyclic) bond motifs is 2. The highest BCUT2D eigenvalue weighted by Crippen LogP contribution is 2.33. The molecule has 1 amide bonds. The minimum atomic E-state index is -0.304. The Morgan fingerprint density at radius 2 is 1.65 bits per heavy atom. The SMILES string of the molecule is COc1cc2c(cc1OC)CN(C(=O)Cn1nc(-c3ccc4ccccc4c3)ccc1=O)CC2. The molecule has 7 heteroatoms. The predicted molar refractivity (Wildman–Crippen MR) is 130 cm³/mol. The molecule has 0 spiro atoms. The second-order valence-corrected chi connectivity index (χ2v) is 8.32. The quantitative estimate of drug-likeness (QED) is 0.459. The van der Waals surface area contributed by atoms with Crippen molar-refractivity contribution in [1.29, 1.82) is 0 Å². The number of nitrogens with zero attached hydrogens (tertiary/aromatic N) is 3. The van der Waals surface area contributed by atoms with Crippen molar-refractivity contribution in [2.45, 2.75) is 19.5 Å². The molecule has 34 heavy (non-hydrogen) atoms. The van der Waals surface area contributed by atoms with Crippen molar-refractivity contribution in [3.63, 3.8) is 0 Å². The van der Waals surface area contributed by atoms with E-state index in [0.29, 0.717) is 36.7 Å². The molecule has 0 saturated heterocycles. The molecule has 0 N–H and O–H groups in total. The van der Waals surface area contributed by atoms with Gasteiger partial charge in [0.15, 0.2) is 11.5 Å². The van der Waals surface area contributed by atoms with Crippen LogP contribution in [0.1, 0.15) is 11.1 Å². The molecule has 0 fully saturated rings. The van der Waals surface area contributed by atoms with E-state index in [1.54, 1.807) is 25.2 Å². The highest BCUT2D eigenvalue weighted by molar-refractivity contribution is 5.86. The Hall–Kier alpha value is -4.13. The van der Waals surface area contributed by atoms with E-state index in [-0.39, 0.29) is 18.0 Å². The number of rotatable bonds is 5. The fourth-order valence-electron chi connectivity index (χ4n) is 4.39. The maximum atomic E-state index is 13.1. The molecule has 0 bridgehead atoms. The van der Waals surface area contributed by atoms with Gasteiger partial charge in [0, 0.05) is 24.7 Å². The molecule has 172 valence electrons. The van der Waals surface area contributed by atoms with E-state index < -0.39 is 0 Å². The molecular weight excluding hydrogens is 430 g/mol. The van der Waals surface area contributed by atoms with Gasteiger partial charge < -0.3 is 14.4 Å². The van der Waals surface area contributed by atoms with Gasteiger partial charge in [0.25, 0.3) is 5.56 Å². The number of carbonyl (C=O) groups excluding carboxylic acids is 1. The smallest absolute Gasteiger partial charge is 0.267 e. The van der Waals surface area contributed by atoms with Gasteiger partial charge in [-0.3, -0.25) is 9.59 Å². The fraction of sp³-hybridized carbons (Fsp3) is 0.222. The third kappa shape index (κ3) is 4.12. The molecule has 0 aliphatic carbocycles. The lowest BCUT2D eigenvalue weighted by Gasteiger charge is -2.29. The van der Waals surface area contributed by atoms with Crippen molar-refractivity contribution < 1.29 is 14.3 Å². The summed E-state index contributed by atoms with van der Waals surface area (Å²) in [6, 6.07) is 21.2. The highest BCUT2D eigenvalue weighted by Gasteiger charge is 2.23. The summed E-state index contributed by atoms with van der Waals surface area (Å²) in [5.74, 6) is 1.17. The van der Waals surface area contributed by atoms with Crippen LogP contribution in [0.3, 0.4) is 0 Å². The summed E-state index contributed by atoms with van der Waals surface area (Å²) >= 11 is 0. The summed E-state index contributed by atoms with van der Waals surface area (Å²) < 4.78 is 12.0. The lowest BCUT2D eigenvalue weighted by molar-refractivity contribution is -0.133. The fourth-order valence-corrected chi connectivity index (χ4v) is 4.39. The zero-order valence-electron chi connectivity index (χ0n) is 19.2. The summed E-state index contributed by atoms with van der Waals surface area (Å²) in [6.45, 7) is 0.914. The predicted octanol–water partition coefficient (Wildman–Crippen LogP) is 3.67. The molecule has 1 aliphatic rings. The van der Waals surface area contributed by atoms with Gasteiger partial charge in [0.05, 0.1) is 19.9 Å². The van der Waals surface area contributed by atoms with Gasteiger partial charge in [-0.1, -0.05) is 36.4 Å². The largest absolute Gasteiger partial charge is 0.493 e. The molecule has 1 aliphatic heterocycles. The first-order valence-corrected chi connectivity index (χ1v) is 11.1. The average molecular weight is 456 g/mol. The van der Waals surface area contributed by atoms with Gasteiger partial charge in [-0.15, -0.1) is 0 Å². The topological polar surface area (TPSA) is 73.7 Å². The zero-order valence-corrected chi connectivity index (χ0v) is 19.2. The van der Waals surface area contributed by atoms with E-state index in [0.717, 1.165) is 27.5 Å². The van der Waals surface area contributed by atoms with Gasteiger partial charge in [0.1, 0.15) is 6.54 Å². The molecule has 0 unspecified atom stereocenters. The van der Waals surface area contributed by atoms with Crippen LogP contribution in [0.15, 0.2) is 71.5 Å². The zero-order chi connectivity index (χ0) is 23.7. The van der Waals surface area contributed by atoms with Crippen molar-refractivity contribution in [2.24, 2.45) is 0 Å². The molecular formula is C27H25N3O4. The third-order valence-corrected chi connectivity index (χ3v) is 6.27. The van der Waals surface area contributed by atoms with E-state index in [2.05, 4.69) is 11.2 Å². The molecule has 0 radical (unpaired) electrons. The van der Waals surface area contributed by atoms with E-state index in [1.165, 1.54) is 10.7 Å². The van der Waals surface area contributed by atoms with Crippen LogP contribution in [0.2, 0.25) is 0 Å².